The van der Waals surface area contributed by atoms with Gasteiger partial charge in [0.1, 0.15) is 0 Å². The van der Waals surface area contributed by atoms with Crippen molar-refractivity contribution in [3.05, 3.63) is 0 Å². The summed E-state index contributed by atoms with van der Waals surface area (Å²) < 4.78 is 23.2. The van der Waals surface area contributed by atoms with Crippen LogP contribution in [0, 0.1) is 0 Å². The first-order chi connectivity index (χ1) is 9.87. The topological polar surface area (TPSA) is 77.9 Å². The molecule has 0 saturated carbocycles. The van der Waals surface area contributed by atoms with Crippen molar-refractivity contribution in [3.8, 4) is 0 Å². The quantitative estimate of drug-likeness (QED) is 0.765. The lowest BCUT2D eigenvalue weighted by Crippen LogP contribution is -2.44. The molecule has 0 aliphatic carbocycles. The van der Waals surface area contributed by atoms with E-state index >= 15 is 0 Å². The number of piperidine rings is 1. The number of carboxylic acids is 1. The van der Waals surface area contributed by atoms with Crippen LogP contribution in [0.4, 0.5) is 0 Å². The van der Waals surface area contributed by atoms with Crippen molar-refractivity contribution in [1.82, 2.24) is 9.80 Å². The van der Waals surface area contributed by atoms with E-state index in [0.29, 0.717) is 19.0 Å². The highest BCUT2D eigenvalue weighted by atomic mass is 32.2. The summed E-state index contributed by atoms with van der Waals surface area (Å²) in [5.41, 5.74) is 0. The summed E-state index contributed by atoms with van der Waals surface area (Å²) in [5.74, 6) is -0.575. The molecule has 0 spiro atoms. The third-order valence-corrected chi connectivity index (χ3v) is 6.48. The Hall–Kier alpha value is -0.660. The lowest BCUT2D eigenvalue weighted by molar-refractivity contribution is -0.138. The third kappa shape index (κ3) is 4.93. The van der Waals surface area contributed by atoms with Gasteiger partial charge in [-0.1, -0.05) is 6.42 Å². The first-order valence-electron chi connectivity index (χ1n) is 7.74. The summed E-state index contributed by atoms with van der Waals surface area (Å²) >= 11 is 0. The number of hydrogen-bond acceptors (Lipinski definition) is 5. The van der Waals surface area contributed by atoms with E-state index in [1.54, 1.807) is 0 Å². The molecule has 0 aromatic rings. The van der Waals surface area contributed by atoms with E-state index in [9.17, 15) is 13.2 Å². The molecule has 2 aliphatic heterocycles. The Morgan fingerprint density at radius 1 is 1.33 bits per heavy atom. The molecule has 0 amide bonds. The van der Waals surface area contributed by atoms with Crippen LogP contribution in [-0.4, -0.2) is 79.6 Å². The van der Waals surface area contributed by atoms with Gasteiger partial charge >= 0.3 is 5.97 Å². The number of likely N-dealkylation sites (tertiary alicyclic amines) is 1. The second-order valence-corrected chi connectivity index (χ2v) is 8.57. The zero-order valence-corrected chi connectivity index (χ0v) is 13.5. The largest absolute Gasteiger partial charge is 0.480 e. The second kappa shape index (κ2) is 7.07. The minimum Gasteiger partial charge on any atom is -0.480 e. The molecule has 2 rings (SSSR count). The van der Waals surface area contributed by atoms with E-state index in [4.69, 9.17) is 5.11 Å². The van der Waals surface area contributed by atoms with Gasteiger partial charge in [0.15, 0.2) is 9.84 Å². The molecule has 21 heavy (non-hydrogen) atoms. The molecular formula is C14H26N2O4S. The summed E-state index contributed by atoms with van der Waals surface area (Å²) in [7, 11) is -0.859. The molecule has 2 atom stereocenters. The Morgan fingerprint density at radius 2 is 2.10 bits per heavy atom. The Morgan fingerprint density at radius 3 is 2.67 bits per heavy atom. The van der Waals surface area contributed by atoms with Crippen LogP contribution in [0.3, 0.4) is 0 Å². The maximum absolute atomic E-state index is 11.6. The third-order valence-electron chi connectivity index (χ3n) is 4.73. The average Bonchev–Trinajstić information content (AvgIpc) is 2.76. The zero-order chi connectivity index (χ0) is 15.5. The highest BCUT2D eigenvalue weighted by molar-refractivity contribution is 7.91. The fourth-order valence-electron chi connectivity index (χ4n) is 3.45. The van der Waals surface area contributed by atoms with E-state index in [1.807, 2.05) is 4.90 Å². The van der Waals surface area contributed by atoms with Gasteiger partial charge in [0, 0.05) is 18.6 Å². The summed E-state index contributed by atoms with van der Waals surface area (Å²) in [6.45, 7) is 1.71. The minimum absolute atomic E-state index is 0.0589. The standard InChI is InChI=1S/C14H26N2O4S/c1-15-7-3-2-4-12(15)5-8-16(10-14(17)18)13-6-9-21(19,20)11-13/h12-13H,2-11H2,1H3,(H,17,18). The minimum atomic E-state index is -2.98. The van der Waals surface area contributed by atoms with Gasteiger partial charge in [-0.15, -0.1) is 0 Å². The Kier molecular flexibility index (Phi) is 5.62. The summed E-state index contributed by atoms with van der Waals surface area (Å²) in [5, 5.41) is 9.06. The fraction of sp³-hybridized carbons (Fsp3) is 0.929. The van der Waals surface area contributed by atoms with Crippen LogP contribution < -0.4 is 0 Å². The van der Waals surface area contributed by atoms with Crippen LogP contribution in [-0.2, 0) is 14.6 Å². The molecule has 2 heterocycles. The Bertz CT molecular complexity index is 466. The van der Waals surface area contributed by atoms with Crippen molar-refractivity contribution in [2.75, 3.05) is 38.2 Å². The molecule has 6 nitrogen and oxygen atoms in total. The molecule has 122 valence electrons. The highest BCUT2D eigenvalue weighted by Gasteiger charge is 2.33. The maximum Gasteiger partial charge on any atom is 0.317 e. The lowest BCUT2D eigenvalue weighted by atomic mass is 9.99. The van der Waals surface area contributed by atoms with Gasteiger partial charge < -0.3 is 10.0 Å². The van der Waals surface area contributed by atoms with Gasteiger partial charge in [0.2, 0.25) is 0 Å². The van der Waals surface area contributed by atoms with Crippen molar-refractivity contribution in [2.24, 2.45) is 0 Å². The van der Waals surface area contributed by atoms with Gasteiger partial charge in [-0.3, -0.25) is 9.69 Å². The summed E-state index contributed by atoms with van der Waals surface area (Å²) in [6.07, 6.45) is 5.09. The average molecular weight is 318 g/mol. The zero-order valence-electron chi connectivity index (χ0n) is 12.7. The molecule has 2 fully saturated rings. The first-order valence-corrected chi connectivity index (χ1v) is 9.56. The van der Waals surface area contributed by atoms with E-state index < -0.39 is 15.8 Å². The van der Waals surface area contributed by atoms with Gasteiger partial charge in [-0.2, -0.15) is 0 Å². The second-order valence-electron chi connectivity index (χ2n) is 6.34. The van der Waals surface area contributed by atoms with Crippen molar-refractivity contribution in [3.63, 3.8) is 0 Å². The molecule has 0 aromatic heterocycles. The first kappa shape index (κ1) is 16.7. The van der Waals surface area contributed by atoms with Crippen LogP contribution in [0.5, 0.6) is 0 Å². The monoisotopic (exact) mass is 318 g/mol. The van der Waals surface area contributed by atoms with E-state index in [2.05, 4.69) is 11.9 Å². The van der Waals surface area contributed by atoms with E-state index in [1.165, 1.54) is 12.8 Å². The lowest BCUT2D eigenvalue weighted by Gasteiger charge is -2.35. The van der Waals surface area contributed by atoms with E-state index in [-0.39, 0.29) is 24.1 Å². The van der Waals surface area contributed by atoms with Crippen LogP contribution >= 0.6 is 0 Å². The van der Waals surface area contributed by atoms with Gasteiger partial charge in [0.25, 0.3) is 0 Å². The molecule has 1 N–H and O–H groups in total. The number of rotatable bonds is 6. The van der Waals surface area contributed by atoms with Crippen LogP contribution in [0.1, 0.15) is 32.1 Å². The SMILES string of the molecule is CN1CCCCC1CCN(CC(=O)O)C1CCS(=O)(=O)C1. The Balaban J connectivity index is 1.92. The molecule has 2 saturated heterocycles. The Labute approximate surface area is 127 Å². The molecular weight excluding hydrogens is 292 g/mol. The molecule has 7 heteroatoms. The van der Waals surface area contributed by atoms with E-state index in [0.717, 1.165) is 19.4 Å². The predicted molar refractivity (Wildman–Crippen MR) is 81.2 cm³/mol. The van der Waals surface area contributed by atoms with Crippen molar-refractivity contribution < 1.29 is 18.3 Å². The normalized spacial score (nSPS) is 29.8. The smallest absolute Gasteiger partial charge is 0.317 e. The molecule has 0 bridgehead atoms. The summed E-state index contributed by atoms with van der Waals surface area (Å²) in [4.78, 5) is 15.2. The van der Waals surface area contributed by atoms with Crippen molar-refractivity contribution in [1.29, 1.82) is 0 Å². The number of carboxylic acid groups (broad SMARTS) is 1. The van der Waals surface area contributed by atoms with Gasteiger partial charge in [-0.25, -0.2) is 8.42 Å². The number of aliphatic carboxylic acids is 1. The number of hydrogen-bond donors (Lipinski definition) is 1. The molecule has 2 aliphatic rings. The van der Waals surface area contributed by atoms with Gasteiger partial charge in [0.05, 0.1) is 18.1 Å². The van der Waals surface area contributed by atoms with Gasteiger partial charge in [-0.05, 0) is 39.3 Å². The predicted octanol–water partition coefficient (Wildman–Crippen LogP) is 0.435. The molecule has 0 aromatic carbocycles. The number of carbonyl (C=O) groups is 1. The van der Waals surface area contributed by atoms with Crippen LogP contribution in [0.2, 0.25) is 0 Å². The van der Waals surface area contributed by atoms with Crippen molar-refractivity contribution in [2.45, 2.75) is 44.2 Å². The number of sulfone groups is 1. The van der Waals surface area contributed by atoms with Crippen LogP contribution in [0.25, 0.3) is 0 Å². The molecule has 0 radical (unpaired) electrons. The van der Waals surface area contributed by atoms with Crippen molar-refractivity contribution >= 4 is 15.8 Å². The summed E-state index contributed by atoms with van der Waals surface area (Å²) in [6, 6.07) is 0.369. The fourth-order valence-corrected chi connectivity index (χ4v) is 5.21. The van der Waals surface area contributed by atoms with Crippen LogP contribution in [0.15, 0.2) is 0 Å². The maximum atomic E-state index is 11.6. The highest BCUT2D eigenvalue weighted by Crippen LogP contribution is 2.21. The molecule has 2 unspecified atom stereocenters. The number of nitrogens with zero attached hydrogens (tertiary/aromatic N) is 2.